The molecule has 0 unspecified atom stereocenters. The van der Waals surface area contributed by atoms with Crippen molar-refractivity contribution in [3.63, 3.8) is 0 Å². The van der Waals surface area contributed by atoms with Crippen LogP contribution in [-0.4, -0.2) is 37.1 Å². The monoisotopic (exact) mass is 646 g/mol. The van der Waals surface area contributed by atoms with Crippen molar-refractivity contribution in [2.75, 3.05) is 11.5 Å². The molecule has 0 spiro atoms. The fourth-order valence-corrected chi connectivity index (χ4v) is 4.03. The summed E-state index contributed by atoms with van der Waals surface area (Å²) < 4.78 is 50.8. The molecule has 6 rings (SSSR count). The Morgan fingerprint density at radius 3 is 1.11 bits per heavy atom. The predicted molar refractivity (Wildman–Crippen MR) is 170 cm³/mol. The van der Waals surface area contributed by atoms with Crippen LogP contribution in [0.4, 0.5) is 29.5 Å². The molecule has 4 aromatic carbocycles. The predicted octanol–water partition coefficient (Wildman–Crippen LogP) is 5.69. The molecule has 0 saturated heterocycles. The fourth-order valence-electron chi connectivity index (χ4n) is 3.84. The second-order valence-corrected chi connectivity index (χ2v) is 9.76. The van der Waals surface area contributed by atoms with Crippen molar-refractivity contribution in [1.29, 1.82) is 0 Å². The summed E-state index contributed by atoms with van der Waals surface area (Å²) in [7, 11) is -1.51. The van der Waals surface area contributed by atoms with Crippen molar-refractivity contribution < 1.29 is 27.6 Å². The number of benzene rings is 4. The number of rotatable bonds is 4. The lowest BCUT2D eigenvalue weighted by atomic mass is 9.80. The first-order chi connectivity index (χ1) is 22.0. The van der Waals surface area contributed by atoms with Crippen LogP contribution in [0.5, 0.6) is 0 Å². The van der Waals surface area contributed by atoms with Crippen LogP contribution in [0, 0.1) is 23.3 Å². The van der Waals surface area contributed by atoms with Crippen LogP contribution in [0.2, 0.25) is 5.15 Å². The molecule has 0 radical (unpaired) electrons. The van der Waals surface area contributed by atoms with E-state index in [2.05, 4.69) is 19.9 Å². The molecule has 8 nitrogen and oxygen atoms in total. The summed E-state index contributed by atoms with van der Waals surface area (Å²) in [4.78, 5) is 16.0. The van der Waals surface area contributed by atoms with Crippen molar-refractivity contribution in [3.8, 4) is 33.8 Å². The first-order valence-electron chi connectivity index (χ1n) is 13.3. The van der Waals surface area contributed by atoms with Gasteiger partial charge in [-0.1, -0.05) is 23.7 Å². The molecule has 0 aliphatic carbocycles. The van der Waals surface area contributed by atoms with E-state index in [0.717, 1.165) is 16.7 Å². The van der Waals surface area contributed by atoms with Crippen LogP contribution in [-0.2, 0) is 0 Å². The van der Waals surface area contributed by atoms with Gasteiger partial charge in [-0.05, 0) is 96.5 Å². The number of nitrogen functional groups attached to an aromatic ring is 2. The third kappa shape index (κ3) is 9.82. The number of nitrogens with two attached hydrogens (primary N) is 2. The van der Waals surface area contributed by atoms with E-state index in [0.29, 0.717) is 22.5 Å². The number of aromatic nitrogens is 4. The van der Waals surface area contributed by atoms with E-state index < -0.39 is 7.12 Å². The Morgan fingerprint density at radius 2 is 0.783 bits per heavy atom. The molecule has 0 saturated carbocycles. The summed E-state index contributed by atoms with van der Waals surface area (Å²) in [6.07, 6.45) is 0. The third-order valence-electron chi connectivity index (χ3n) is 6.04. The highest BCUT2D eigenvalue weighted by Gasteiger charge is 2.09. The maximum absolute atomic E-state index is 13.0. The highest BCUT2D eigenvalue weighted by atomic mass is 35.5. The molecule has 0 aliphatic rings. The van der Waals surface area contributed by atoms with Gasteiger partial charge in [-0.3, -0.25) is 0 Å². The molecule has 46 heavy (non-hydrogen) atoms. The highest BCUT2D eigenvalue weighted by molar-refractivity contribution is 6.58. The number of nitrogens with zero attached hydrogens (tertiary/aromatic N) is 4. The summed E-state index contributed by atoms with van der Waals surface area (Å²) in [6, 6.07) is 26.1. The van der Waals surface area contributed by atoms with E-state index in [1.165, 1.54) is 60.7 Å². The number of anilines is 2. The Kier molecular flexibility index (Phi) is 11.4. The number of hydrogen-bond acceptors (Lipinski definition) is 8. The van der Waals surface area contributed by atoms with Gasteiger partial charge in [0, 0.05) is 22.8 Å². The topological polar surface area (TPSA) is 144 Å². The second kappa shape index (κ2) is 15.6. The normalized spacial score (nSPS) is 10.2. The highest BCUT2D eigenvalue weighted by Crippen LogP contribution is 2.25. The Morgan fingerprint density at radius 1 is 0.478 bits per heavy atom. The number of hydrogen-bond donors (Lipinski definition) is 4. The van der Waals surface area contributed by atoms with Crippen LogP contribution in [0.25, 0.3) is 33.8 Å². The summed E-state index contributed by atoms with van der Waals surface area (Å²) in [5.41, 5.74) is 15.4. The summed E-state index contributed by atoms with van der Waals surface area (Å²) in [5, 5.41) is 17.4. The van der Waals surface area contributed by atoms with Gasteiger partial charge in [0.1, 0.15) is 28.4 Å². The zero-order chi connectivity index (χ0) is 33.2. The largest absolute Gasteiger partial charge is 0.488 e. The van der Waals surface area contributed by atoms with Crippen LogP contribution >= 0.6 is 11.6 Å². The fraction of sp³-hybridized carbons (Fsp3) is 0. The Balaban J connectivity index is 0.000000168. The van der Waals surface area contributed by atoms with Crippen molar-refractivity contribution >= 4 is 36.1 Å². The second-order valence-electron chi connectivity index (χ2n) is 9.38. The lowest BCUT2D eigenvalue weighted by Gasteiger charge is -2.06. The van der Waals surface area contributed by atoms with E-state index in [9.17, 15) is 17.6 Å². The zero-order valence-electron chi connectivity index (χ0n) is 23.7. The molecule has 0 bridgehead atoms. The first-order valence-corrected chi connectivity index (χ1v) is 13.7. The van der Waals surface area contributed by atoms with E-state index >= 15 is 0 Å². The van der Waals surface area contributed by atoms with Gasteiger partial charge in [0.15, 0.2) is 0 Å². The SMILES string of the molecule is Nc1nc(-c2ccc(F)cc2)cc(-c2ccc(F)cc2)n1.Nc1nc(Cl)cc(-c2ccc(F)cc2)n1.OB(O)c1ccc(F)cc1. The molecule has 6 aromatic rings. The molecule has 2 heterocycles. The molecular weight excluding hydrogens is 623 g/mol. The third-order valence-corrected chi connectivity index (χ3v) is 6.24. The van der Waals surface area contributed by atoms with E-state index in [-0.39, 0.29) is 40.3 Å². The Labute approximate surface area is 266 Å². The maximum Gasteiger partial charge on any atom is 0.488 e. The minimum Gasteiger partial charge on any atom is -0.423 e. The lowest BCUT2D eigenvalue weighted by molar-refractivity contribution is 0.425. The van der Waals surface area contributed by atoms with E-state index in [1.54, 1.807) is 48.5 Å². The van der Waals surface area contributed by atoms with Gasteiger partial charge < -0.3 is 21.5 Å². The molecule has 232 valence electrons. The lowest BCUT2D eigenvalue weighted by Crippen LogP contribution is -2.29. The quantitative estimate of drug-likeness (QED) is 0.109. The van der Waals surface area contributed by atoms with Gasteiger partial charge in [0.05, 0.1) is 17.1 Å². The van der Waals surface area contributed by atoms with Gasteiger partial charge in [-0.25, -0.2) is 37.5 Å². The van der Waals surface area contributed by atoms with Gasteiger partial charge in [-0.15, -0.1) is 0 Å². The van der Waals surface area contributed by atoms with Gasteiger partial charge >= 0.3 is 7.12 Å². The maximum atomic E-state index is 13.0. The molecule has 14 heteroatoms. The minimum atomic E-state index is -1.51. The molecule has 0 amide bonds. The summed E-state index contributed by atoms with van der Waals surface area (Å²) in [6.45, 7) is 0. The van der Waals surface area contributed by atoms with Crippen LogP contribution in [0.3, 0.4) is 0 Å². The van der Waals surface area contributed by atoms with Crippen molar-refractivity contribution in [2.24, 2.45) is 0 Å². The van der Waals surface area contributed by atoms with Crippen LogP contribution < -0.4 is 16.9 Å². The van der Waals surface area contributed by atoms with Gasteiger partial charge in [0.2, 0.25) is 11.9 Å². The molecular formula is C32H24BClF4N6O2. The van der Waals surface area contributed by atoms with E-state index in [1.807, 2.05) is 0 Å². The zero-order valence-corrected chi connectivity index (χ0v) is 24.5. The van der Waals surface area contributed by atoms with Gasteiger partial charge in [0.25, 0.3) is 0 Å². The standard InChI is InChI=1S/C16H11F2N3.C10H7ClFN3.C6H6BFO2/c17-12-5-1-10(2-6-12)14-9-15(21-16(19)20-14)11-3-7-13(18)8-4-11;11-9-5-8(14-10(13)15-9)6-1-3-7(12)4-2-6;8-6-3-1-5(2-4-6)7(9)10/h1-9H,(H2,19,20,21);1-5H,(H2,13,14,15);1-4,9-10H. The molecule has 6 N–H and O–H groups in total. The molecule has 0 atom stereocenters. The Bertz CT molecular complexity index is 1800. The van der Waals surface area contributed by atoms with Crippen molar-refractivity contribution in [2.45, 2.75) is 0 Å². The summed E-state index contributed by atoms with van der Waals surface area (Å²) >= 11 is 5.73. The average Bonchev–Trinajstić information content (AvgIpc) is 3.02. The van der Waals surface area contributed by atoms with Gasteiger partial charge in [-0.2, -0.15) is 0 Å². The smallest absolute Gasteiger partial charge is 0.423 e. The van der Waals surface area contributed by atoms with Crippen LogP contribution in [0.1, 0.15) is 0 Å². The van der Waals surface area contributed by atoms with Crippen molar-refractivity contribution in [3.05, 3.63) is 138 Å². The molecule has 0 aliphatic heterocycles. The van der Waals surface area contributed by atoms with Crippen molar-refractivity contribution in [1.82, 2.24) is 19.9 Å². The molecule has 0 fully saturated rings. The molecule has 2 aromatic heterocycles. The summed E-state index contributed by atoms with van der Waals surface area (Å²) in [5.74, 6) is -1.12. The van der Waals surface area contributed by atoms with E-state index in [4.69, 9.17) is 33.1 Å². The average molecular weight is 647 g/mol. The minimum absolute atomic E-state index is 0.0989. The first kappa shape index (κ1) is 33.5. The Hall–Kier alpha value is -5.37. The van der Waals surface area contributed by atoms with Crippen LogP contribution in [0.15, 0.2) is 109 Å². The number of halogens is 5.